The lowest BCUT2D eigenvalue weighted by Crippen LogP contribution is -2.25. The molecule has 0 aromatic carbocycles. The first-order valence-corrected chi connectivity index (χ1v) is 6.45. The van der Waals surface area contributed by atoms with Gasteiger partial charge in [0, 0.05) is 19.1 Å². The lowest BCUT2D eigenvalue weighted by Gasteiger charge is -2.09. The number of nitrogens with zero attached hydrogens (tertiary/aromatic N) is 2. The van der Waals surface area contributed by atoms with E-state index in [1.165, 1.54) is 11.7 Å². The zero-order valence-electron chi connectivity index (χ0n) is 9.11. The van der Waals surface area contributed by atoms with Gasteiger partial charge in [-0.3, -0.25) is 4.57 Å². The minimum atomic E-state index is -1.72. The number of hydrogen-bond acceptors (Lipinski definition) is 4. The van der Waals surface area contributed by atoms with Crippen molar-refractivity contribution in [1.29, 1.82) is 0 Å². The summed E-state index contributed by atoms with van der Waals surface area (Å²) in [6.07, 6.45) is 0. The molecule has 0 aliphatic carbocycles. The third-order valence-electron chi connectivity index (χ3n) is 2.04. The second kappa shape index (κ2) is 5.75. The molecule has 0 unspecified atom stereocenters. The van der Waals surface area contributed by atoms with Crippen LogP contribution >= 0.6 is 46.8 Å². The Hall–Kier alpha value is -0.0100. The van der Waals surface area contributed by atoms with Gasteiger partial charge in [-0.2, -0.15) is 3.97 Å². The van der Waals surface area contributed by atoms with Crippen LogP contribution in [-0.2, 0) is 11.3 Å². The molecule has 1 aromatic rings. The largest absolute Gasteiger partial charge is 0.493 e. The van der Waals surface area contributed by atoms with Crippen LogP contribution in [0.2, 0.25) is 0 Å². The van der Waals surface area contributed by atoms with Crippen LogP contribution in [0.3, 0.4) is 0 Å². The van der Waals surface area contributed by atoms with E-state index in [0.717, 1.165) is 3.97 Å². The molecule has 0 saturated heterocycles. The molecule has 17 heavy (non-hydrogen) atoms. The summed E-state index contributed by atoms with van der Waals surface area (Å²) in [5, 5.41) is 9.77. The molecule has 0 saturated carbocycles. The molecule has 1 rings (SSSR count). The fourth-order valence-corrected chi connectivity index (χ4v) is 2.47. The van der Waals surface area contributed by atoms with Crippen LogP contribution in [0, 0.1) is 6.92 Å². The van der Waals surface area contributed by atoms with E-state index in [4.69, 9.17) is 39.5 Å². The van der Waals surface area contributed by atoms with E-state index < -0.39 is 8.81 Å². The van der Waals surface area contributed by atoms with Crippen LogP contribution < -0.4 is 5.69 Å². The predicted molar refractivity (Wildman–Crippen MR) is 70.2 cm³/mol. The summed E-state index contributed by atoms with van der Waals surface area (Å²) in [4.78, 5) is 11.9. The first kappa shape index (κ1) is 15.0. The van der Waals surface area contributed by atoms with E-state index in [0.29, 0.717) is 30.8 Å². The molecule has 1 N–H and O–H groups in total. The molecule has 0 fully saturated rings. The topological polar surface area (TPSA) is 56.4 Å². The summed E-state index contributed by atoms with van der Waals surface area (Å²) >= 11 is 17.3. The Morgan fingerprint density at radius 1 is 1.47 bits per heavy atom. The summed E-state index contributed by atoms with van der Waals surface area (Å²) < 4.78 is 5.44. The van der Waals surface area contributed by atoms with Crippen LogP contribution in [0.15, 0.2) is 4.79 Å². The van der Waals surface area contributed by atoms with Gasteiger partial charge in [0.05, 0.1) is 18.8 Å². The van der Waals surface area contributed by atoms with Gasteiger partial charge in [0.25, 0.3) is 3.12 Å². The van der Waals surface area contributed by atoms with E-state index in [1.54, 1.807) is 6.92 Å². The molecule has 0 aliphatic heterocycles. The van der Waals surface area contributed by atoms with E-state index in [-0.39, 0.29) is 5.88 Å². The van der Waals surface area contributed by atoms with Crippen molar-refractivity contribution in [3.8, 4) is 5.88 Å². The highest BCUT2D eigenvalue weighted by molar-refractivity contribution is 8.03. The van der Waals surface area contributed by atoms with Gasteiger partial charge in [0.1, 0.15) is 0 Å². The monoisotopic (exact) mass is 320 g/mol. The summed E-state index contributed by atoms with van der Waals surface area (Å²) in [6.45, 7) is 2.27. The van der Waals surface area contributed by atoms with Gasteiger partial charge < -0.3 is 9.84 Å². The fraction of sp³-hybridized carbons (Fsp3) is 0.625. The Balaban J connectivity index is 3.12. The molecule has 9 heteroatoms. The second-order valence-electron chi connectivity index (χ2n) is 3.17. The van der Waals surface area contributed by atoms with E-state index in [1.807, 2.05) is 0 Å². The molecule has 1 heterocycles. The van der Waals surface area contributed by atoms with Crippen LogP contribution in [0.25, 0.3) is 0 Å². The highest BCUT2D eigenvalue weighted by Crippen LogP contribution is 2.41. The Morgan fingerprint density at radius 2 is 2.06 bits per heavy atom. The maximum absolute atomic E-state index is 11.9. The number of alkyl halides is 3. The first-order valence-electron chi connectivity index (χ1n) is 4.54. The van der Waals surface area contributed by atoms with Gasteiger partial charge in [0.2, 0.25) is 5.88 Å². The van der Waals surface area contributed by atoms with Crippen molar-refractivity contribution in [2.24, 2.45) is 0 Å². The van der Waals surface area contributed by atoms with Crippen molar-refractivity contribution in [3.05, 3.63) is 16.2 Å². The Bertz CT molecular complexity index is 452. The Morgan fingerprint density at radius 3 is 2.53 bits per heavy atom. The summed E-state index contributed by atoms with van der Waals surface area (Å²) in [7, 11) is 1.52. The lowest BCUT2D eigenvalue weighted by atomic mass is 10.5. The number of methoxy groups -OCH3 is 1. The number of aromatic hydroxyl groups is 1. The average molecular weight is 322 g/mol. The van der Waals surface area contributed by atoms with Crippen LogP contribution in [-0.4, -0.2) is 30.5 Å². The van der Waals surface area contributed by atoms with Gasteiger partial charge >= 0.3 is 5.69 Å². The molecule has 0 aliphatic rings. The second-order valence-corrected chi connectivity index (χ2v) is 7.28. The number of halogens is 3. The zero-order valence-corrected chi connectivity index (χ0v) is 12.2. The molecule has 5 nitrogen and oxygen atoms in total. The highest BCUT2D eigenvalue weighted by atomic mass is 35.6. The van der Waals surface area contributed by atoms with Crippen molar-refractivity contribution in [3.63, 3.8) is 0 Å². The number of rotatable bonds is 4. The summed E-state index contributed by atoms with van der Waals surface area (Å²) in [5.74, 6) is -0.234. The van der Waals surface area contributed by atoms with Crippen molar-refractivity contribution in [2.75, 3.05) is 13.7 Å². The molecular weight excluding hydrogens is 311 g/mol. The van der Waals surface area contributed by atoms with Gasteiger partial charge in [-0.15, -0.1) is 0 Å². The van der Waals surface area contributed by atoms with E-state index in [9.17, 15) is 9.90 Å². The molecular formula is C8H11Cl3N2O3S. The zero-order chi connectivity index (χ0) is 13.2. The maximum atomic E-state index is 11.9. The molecule has 0 spiro atoms. The molecule has 98 valence electrons. The minimum absolute atomic E-state index is 0.234. The normalized spacial score (nSPS) is 12.1. The third kappa shape index (κ3) is 3.72. The number of hydrogen-bond donors (Lipinski definition) is 1. The van der Waals surface area contributed by atoms with Crippen LogP contribution in [0.1, 0.15) is 5.69 Å². The van der Waals surface area contributed by atoms with Gasteiger partial charge in [-0.1, -0.05) is 34.8 Å². The molecule has 0 amide bonds. The number of ether oxygens (including phenoxy) is 1. The molecule has 0 radical (unpaired) electrons. The standard InChI is InChI=1S/C8H11Cl3N2O3S/c1-5-6(14)13(17-8(9,10)11)7(15)12(5)3-4-16-2/h14H,3-4H2,1-2H3. The van der Waals surface area contributed by atoms with Crippen molar-refractivity contribution in [2.45, 2.75) is 16.6 Å². The van der Waals surface area contributed by atoms with E-state index >= 15 is 0 Å². The van der Waals surface area contributed by atoms with Crippen molar-refractivity contribution in [1.82, 2.24) is 8.54 Å². The summed E-state index contributed by atoms with van der Waals surface area (Å²) in [6, 6.07) is 0. The Labute approximate surface area is 117 Å². The van der Waals surface area contributed by atoms with Crippen molar-refractivity contribution >= 4 is 46.8 Å². The SMILES string of the molecule is COCCn1c(C)c(O)n(SC(Cl)(Cl)Cl)c1=O. The van der Waals surface area contributed by atoms with Crippen LogP contribution in [0.4, 0.5) is 0 Å². The predicted octanol–water partition coefficient (Wildman–Crippen LogP) is 2.13. The van der Waals surface area contributed by atoms with E-state index in [2.05, 4.69) is 0 Å². The first-order chi connectivity index (χ1) is 7.78. The van der Waals surface area contributed by atoms with Crippen LogP contribution in [0.5, 0.6) is 5.88 Å². The van der Waals surface area contributed by atoms with Gasteiger partial charge in [-0.25, -0.2) is 4.79 Å². The van der Waals surface area contributed by atoms with Gasteiger partial charge in [0.15, 0.2) is 0 Å². The molecule has 0 bridgehead atoms. The summed E-state index contributed by atoms with van der Waals surface area (Å²) in [5.41, 5.74) is -0.0674. The Kier molecular flexibility index (Phi) is 5.09. The number of aromatic nitrogens is 2. The average Bonchev–Trinajstić information content (AvgIpc) is 2.40. The highest BCUT2D eigenvalue weighted by Gasteiger charge is 2.27. The number of imidazole rings is 1. The van der Waals surface area contributed by atoms with Crippen molar-refractivity contribution < 1.29 is 9.84 Å². The molecule has 0 atom stereocenters. The smallest absolute Gasteiger partial charge is 0.341 e. The third-order valence-corrected chi connectivity index (χ3v) is 3.38. The minimum Gasteiger partial charge on any atom is -0.493 e. The quantitative estimate of drug-likeness (QED) is 0.863. The molecule has 1 aromatic heterocycles. The fourth-order valence-electron chi connectivity index (χ4n) is 1.24. The maximum Gasteiger partial charge on any atom is 0.341 e. The lowest BCUT2D eigenvalue weighted by molar-refractivity contribution is 0.185. The van der Waals surface area contributed by atoms with Gasteiger partial charge in [-0.05, 0) is 6.92 Å².